The van der Waals surface area contributed by atoms with Crippen LogP contribution in [0.2, 0.25) is 0 Å². The van der Waals surface area contributed by atoms with Crippen molar-refractivity contribution in [1.82, 2.24) is 10.3 Å². The summed E-state index contributed by atoms with van der Waals surface area (Å²) in [5, 5.41) is 5.14. The zero-order valence-corrected chi connectivity index (χ0v) is 18.0. The number of methoxy groups -OCH3 is 1. The van der Waals surface area contributed by atoms with Gasteiger partial charge in [-0.1, -0.05) is 44.2 Å². The van der Waals surface area contributed by atoms with Crippen molar-refractivity contribution in [3.8, 4) is 0 Å². The maximum atomic E-state index is 12.5. The van der Waals surface area contributed by atoms with Crippen LogP contribution < -0.4 is 11.1 Å². The average Bonchev–Trinajstić information content (AvgIpc) is 3.17. The van der Waals surface area contributed by atoms with Crippen LogP contribution in [-0.4, -0.2) is 35.8 Å². The van der Waals surface area contributed by atoms with E-state index >= 15 is 0 Å². The van der Waals surface area contributed by atoms with Crippen molar-refractivity contribution in [3.05, 3.63) is 52.0 Å². The third-order valence-corrected chi connectivity index (χ3v) is 6.07. The molecule has 2 unspecified atom stereocenters. The molecule has 0 saturated carbocycles. The van der Waals surface area contributed by atoms with E-state index in [1.165, 1.54) is 18.4 Å². The molecule has 2 atom stereocenters. The predicted octanol–water partition coefficient (Wildman–Crippen LogP) is 3.39. The minimum atomic E-state index is -0.735. The molecule has 1 aromatic heterocycles. The Morgan fingerprint density at radius 2 is 2.00 bits per heavy atom. The van der Waals surface area contributed by atoms with Crippen LogP contribution in [0.5, 0.6) is 0 Å². The molecule has 0 radical (unpaired) electrons. The first-order valence-electron chi connectivity index (χ1n) is 9.12. The van der Waals surface area contributed by atoms with Gasteiger partial charge in [-0.2, -0.15) is 11.8 Å². The van der Waals surface area contributed by atoms with E-state index in [4.69, 9.17) is 10.5 Å². The standard InChI is InChI=1S/C20H27N3O3S2/c1-13(2)9-15(21)19-23-16(12-28-19)18(24)22-17(20(25)26-3)11-27-10-14-7-5-4-6-8-14/h4-8,12-13,15,17H,9-11,21H2,1-3H3,(H,22,24). The number of hydrogen-bond acceptors (Lipinski definition) is 7. The number of carbonyl (C=O) groups excluding carboxylic acids is 2. The number of nitrogens with one attached hydrogen (secondary N) is 1. The number of nitrogens with two attached hydrogens (primary N) is 1. The number of benzene rings is 1. The van der Waals surface area contributed by atoms with Crippen LogP contribution in [0.15, 0.2) is 35.7 Å². The Morgan fingerprint density at radius 3 is 2.64 bits per heavy atom. The van der Waals surface area contributed by atoms with Gasteiger partial charge in [0.1, 0.15) is 16.7 Å². The SMILES string of the molecule is COC(=O)C(CSCc1ccccc1)NC(=O)c1csc(C(N)CC(C)C)n1. The first kappa shape index (κ1) is 22.4. The van der Waals surface area contributed by atoms with Crippen molar-refractivity contribution in [2.45, 2.75) is 38.1 Å². The monoisotopic (exact) mass is 421 g/mol. The molecule has 0 fully saturated rings. The highest BCUT2D eigenvalue weighted by molar-refractivity contribution is 7.98. The lowest BCUT2D eigenvalue weighted by molar-refractivity contribution is -0.142. The highest BCUT2D eigenvalue weighted by atomic mass is 32.2. The molecule has 0 saturated heterocycles. The molecule has 0 aliphatic carbocycles. The first-order valence-corrected chi connectivity index (χ1v) is 11.2. The average molecular weight is 422 g/mol. The van der Waals surface area contributed by atoms with Gasteiger partial charge in [0.15, 0.2) is 0 Å². The number of nitrogens with zero attached hydrogens (tertiary/aromatic N) is 1. The van der Waals surface area contributed by atoms with E-state index < -0.39 is 17.9 Å². The molecule has 0 bridgehead atoms. The molecule has 1 amide bonds. The Kier molecular flexibility index (Phi) is 8.95. The van der Waals surface area contributed by atoms with Crippen LogP contribution in [-0.2, 0) is 15.3 Å². The summed E-state index contributed by atoms with van der Waals surface area (Å²) in [6.45, 7) is 4.18. The van der Waals surface area contributed by atoms with Crippen LogP contribution in [0.1, 0.15) is 47.4 Å². The lowest BCUT2D eigenvalue weighted by Crippen LogP contribution is -2.43. The van der Waals surface area contributed by atoms with Crippen molar-refractivity contribution >= 4 is 35.0 Å². The minimum Gasteiger partial charge on any atom is -0.467 e. The van der Waals surface area contributed by atoms with Gasteiger partial charge in [0.25, 0.3) is 5.91 Å². The van der Waals surface area contributed by atoms with E-state index in [1.54, 1.807) is 17.1 Å². The van der Waals surface area contributed by atoms with E-state index in [9.17, 15) is 9.59 Å². The van der Waals surface area contributed by atoms with E-state index in [0.29, 0.717) is 11.7 Å². The van der Waals surface area contributed by atoms with Gasteiger partial charge in [0.2, 0.25) is 0 Å². The van der Waals surface area contributed by atoms with Crippen LogP contribution >= 0.6 is 23.1 Å². The van der Waals surface area contributed by atoms with Gasteiger partial charge >= 0.3 is 5.97 Å². The summed E-state index contributed by atoms with van der Waals surface area (Å²) in [6.07, 6.45) is 0.801. The van der Waals surface area contributed by atoms with Crippen LogP contribution in [0.25, 0.3) is 0 Å². The van der Waals surface area contributed by atoms with Crippen LogP contribution in [0.3, 0.4) is 0 Å². The van der Waals surface area contributed by atoms with Crippen LogP contribution in [0, 0.1) is 5.92 Å². The van der Waals surface area contributed by atoms with E-state index in [2.05, 4.69) is 24.1 Å². The molecular formula is C20H27N3O3S2. The van der Waals surface area contributed by atoms with Gasteiger partial charge in [0, 0.05) is 16.9 Å². The number of thioether (sulfide) groups is 1. The highest BCUT2D eigenvalue weighted by Crippen LogP contribution is 2.22. The van der Waals surface area contributed by atoms with Crippen molar-refractivity contribution in [2.75, 3.05) is 12.9 Å². The van der Waals surface area contributed by atoms with E-state index in [1.807, 2.05) is 30.3 Å². The van der Waals surface area contributed by atoms with Gasteiger partial charge in [-0.15, -0.1) is 11.3 Å². The maximum Gasteiger partial charge on any atom is 0.329 e. The van der Waals surface area contributed by atoms with Gasteiger partial charge in [-0.05, 0) is 17.9 Å². The topological polar surface area (TPSA) is 94.3 Å². The summed E-state index contributed by atoms with van der Waals surface area (Å²) in [4.78, 5) is 29.0. The number of aromatic nitrogens is 1. The van der Waals surface area contributed by atoms with E-state index in [0.717, 1.165) is 22.7 Å². The molecule has 0 spiro atoms. The molecule has 152 valence electrons. The third kappa shape index (κ3) is 6.92. The Labute approximate surface area is 174 Å². The molecule has 1 aromatic carbocycles. The molecule has 0 aliphatic heterocycles. The molecule has 28 heavy (non-hydrogen) atoms. The summed E-state index contributed by atoms with van der Waals surface area (Å²) in [5.41, 5.74) is 7.58. The Bertz CT molecular complexity index is 765. The first-order chi connectivity index (χ1) is 13.4. The fourth-order valence-corrected chi connectivity index (χ4v) is 4.40. The normalized spacial score (nSPS) is 13.2. The number of thiazole rings is 1. The molecule has 1 heterocycles. The Hall–Kier alpha value is -1.90. The van der Waals surface area contributed by atoms with Gasteiger partial charge in [-0.25, -0.2) is 9.78 Å². The third-order valence-electron chi connectivity index (χ3n) is 3.98. The molecule has 8 heteroatoms. The van der Waals surface area contributed by atoms with Crippen molar-refractivity contribution in [1.29, 1.82) is 0 Å². The molecule has 2 aromatic rings. The van der Waals surface area contributed by atoms with Crippen molar-refractivity contribution < 1.29 is 14.3 Å². The number of ether oxygens (including phenoxy) is 1. The molecular weight excluding hydrogens is 394 g/mol. The summed E-state index contributed by atoms with van der Waals surface area (Å²) in [5.74, 6) is 0.740. The lowest BCUT2D eigenvalue weighted by Gasteiger charge is -2.15. The number of rotatable bonds is 10. The maximum absolute atomic E-state index is 12.5. The quantitative estimate of drug-likeness (QED) is 0.571. The lowest BCUT2D eigenvalue weighted by atomic mass is 10.1. The second-order valence-electron chi connectivity index (χ2n) is 6.86. The predicted molar refractivity (Wildman–Crippen MR) is 114 cm³/mol. The number of carbonyl (C=O) groups is 2. The second-order valence-corrected chi connectivity index (χ2v) is 8.78. The summed E-state index contributed by atoms with van der Waals surface area (Å²) in [7, 11) is 1.31. The smallest absolute Gasteiger partial charge is 0.329 e. The molecule has 6 nitrogen and oxygen atoms in total. The van der Waals surface area contributed by atoms with Gasteiger partial charge < -0.3 is 15.8 Å². The number of esters is 1. The number of hydrogen-bond donors (Lipinski definition) is 2. The summed E-state index contributed by atoms with van der Waals surface area (Å²) >= 11 is 2.92. The van der Waals surface area contributed by atoms with Gasteiger partial charge in [0.05, 0.1) is 13.2 Å². The fraction of sp³-hybridized carbons (Fsp3) is 0.450. The largest absolute Gasteiger partial charge is 0.467 e. The molecule has 3 N–H and O–H groups in total. The highest BCUT2D eigenvalue weighted by Gasteiger charge is 2.24. The summed E-state index contributed by atoms with van der Waals surface area (Å²) in [6, 6.07) is 9.02. The van der Waals surface area contributed by atoms with Crippen molar-refractivity contribution in [3.63, 3.8) is 0 Å². The van der Waals surface area contributed by atoms with E-state index in [-0.39, 0.29) is 11.7 Å². The summed E-state index contributed by atoms with van der Waals surface area (Å²) < 4.78 is 4.83. The zero-order valence-electron chi connectivity index (χ0n) is 16.4. The number of amides is 1. The fourth-order valence-electron chi connectivity index (χ4n) is 2.58. The van der Waals surface area contributed by atoms with Gasteiger partial charge in [-0.3, -0.25) is 4.79 Å². The minimum absolute atomic E-state index is 0.190. The zero-order chi connectivity index (χ0) is 20.5. The van der Waals surface area contributed by atoms with Crippen molar-refractivity contribution in [2.24, 2.45) is 11.7 Å². The Balaban J connectivity index is 1.95. The van der Waals surface area contributed by atoms with Crippen LogP contribution in [0.4, 0.5) is 0 Å². The Morgan fingerprint density at radius 1 is 1.29 bits per heavy atom. The molecule has 0 aliphatic rings. The second kappa shape index (κ2) is 11.2. The molecule has 2 rings (SSSR count).